The molecule has 3 aromatic rings. The van der Waals surface area contributed by atoms with Crippen molar-refractivity contribution in [1.82, 2.24) is 0 Å². The molecular weight excluding hydrogens is 292 g/mol. The van der Waals surface area contributed by atoms with Crippen molar-refractivity contribution >= 4 is 23.0 Å². The maximum atomic E-state index is 8.91. The zero-order chi connectivity index (χ0) is 15.4. The minimum Gasteiger partial charge on any atom is -0.354 e. The number of rotatable bonds is 3. The molecule has 0 saturated carbocycles. The van der Waals surface area contributed by atoms with Crippen LogP contribution in [0.1, 0.15) is 5.56 Å². The van der Waals surface area contributed by atoms with Gasteiger partial charge in [0, 0.05) is 11.3 Å². The number of nitrogens with one attached hydrogen (secondary N) is 1. The van der Waals surface area contributed by atoms with Crippen LogP contribution in [0, 0.1) is 11.3 Å². The summed E-state index contributed by atoms with van der Waals surface area (Å²) < 4.78 is 0. The molecule has 0 aromatic heterocycles. The van der Waals surface area contributed by atoms with Gasteiger partial charge in [-0.25, -0.2) is 0 Å². The summed E-state index contributed by atoms with van der Waals surface area (Å²) in [5.41, 5.74) is 4.54. The number of nitrogens with zero attached hydrogens (tertiary/aromatic N) is 1. The van der Waals surface area contributed by atoms with Gasteiger partial charge in [0.25, 0.3) is 0 Å². The van der Waals surface area contributed by atoms with E-state index < -0.39 is 0 Å². The van der Waals surface area contributed by atoms with E-state index in [-0.39, 0.29) is 0 Å². The summed E-state index contributed by atoms with van der Waals surface area (Å²) >= 11 is 6.24. The van der Waals surface area contributed by atoms with Gasteiger partial charge in [0.2, 0.25) is 0 Å². The second-order valence-electron chi connectivity index (χ2n) is 4.84. The molecule has 0 heterocycles. The number of anilines is 2. The van der Waals surface area contributed by atoms with Crippen molar-refractivity contribution < 1.29 is 0 Å². The normalized spacial score (nSPS) is 10.0. The van der Waals surface area contributed by atoms with Crippen LogP contribution in [0.5, 0.6) is 0 Å². The molecule has 0 spiro atoms. The molecule has 0 aliphatic rings. The first-order chi connectivity index (χ1) is 10.8. The third kappa shape index (κ3) is 2.95. The van der Waals surface area contributed by atoms with Crippen molar-refractivity contribution in [3.8, 4) is 17.2 Å². The van der Waals surface area contributed by atoms with Crippen LogP contribution >= 0.6 is 11.6 Å². The van der Waals surface area contributed by atoms with Crippen LogP contribution in [0.25, 0.3) is 11.1 Å². The fourth-order valence-electron chi connectivity index (χ4n) is 2.29. The first-order valence-corrected chi connectivity index (χ1v) is 7.27. The van der Waals surface area contributed by atoms with Crippen LogP contribution in [-0.4, -0.2) is 0 Å². The van der Waals surface area contributed by atoms with Crippen LogP contribution in [-0.2, 0) is 0 Å². The molecular formula is C19H13ClN2. The average molecular weight is 305 g/mol. The molecule has 0 amide bonds. The lowest BCUT2D eigenvalue weighted by molar-refractivity contribution is 1.47. The summed E-state index contributed by atoms with van der Waals surface area (Å²) in [6.45, 7) is 0. The minimum atomic E-state index is 0.530. The lowest BCUT2D eigenvalue weighted by Gasteiger charge is -2.13. The van der Waals surface area contributed by atoms with Crippen LogP contribution in [0.2, 0.25) is 5.02 Å². The lowest BCUT2D eigenvalue weighted by atomic mass is 10.0. The standard InChI is InChI=1S/C19H13ClN2/c20-17-12-14(13-21)10-11-19(17)22-18-9-5-4-8-16(18)15-6-2-1-3-7-15/h1-12,22H. The first kappa shape index (κ1) is 14.2. The summed E-state index contributed by atoms with van der Waals surface area (Å²) in [7, 11) is 0. The van der Waals surface area contributed by atoms with Gasteiger partial charge in [-0.1, -0.05) is 60.1 Å². The van der Waals surface area contributed by atoms with E-state index in [0.717, 1.165) is 22.5 Å². The molecule has 1 N–H and O–H groups in total. The predicted octanol–water partition coefficient (Wildman–Crippen LogP) is 5.62. The Morgan fingerprint density at radius 3 is 2.27 bits per heavy atom. The van der Waals surface area contributed by atoms with Gasteiger partial charge in [0.1, 0.15) is 0 Å². The van der Waals surface area contributed by atoms with E-state index in [0.29, 0.717) is 10.6 Å². The second-order valence-corrected chi connectivity index (χ2v) is 5.25. The molecule has 22 heavy (non-hydrogen) atoms. The first-order valence-electron chi connectivity index (χ1n) is 6.89. The van der Waals surface area contributed by atoms with Crippen molar-refractivity contribution in [2.45, 2.75) is 0 Å². The molecule has 0 bridgehead atoms. The van der Waals surface area contributed by atoms with Gasteiger partial charge >= 0.3 is 0 Å². The predicted molar refractivity (Wildman–Crippen MR) is 91.3 cm³/mol. The van der Waals surface area contributed by atoms with Gasteiger partial charge < -0.3 is 5.32 Å². The molecule has 3 heteroatoms. The van der Waals surface area contributed by atoms with E-state index in [1.807, 2.05) is 42.5 Å². The van der Waals surface area contributed by atoms with E-state index in [9.17, 15) is 0 Å². The van der Waals surface area contributed by atoms with Crippen molar-refractivity contribution in [2.75, 3.05) is 5.32 Å². The van der Waals surface area contributed by atoms with Crippen LogP contribution in [0.4, 0.5) is 11.4 Å². The molecule has 0 aliphatic carbocycles. The molecule has 3 rings (SSSR count). The number of para-hydroxylation sites is 1. The average Bonchev–Trinajstić information content (AvgIpc) is 2.58. The smallest absolute Gasteiger partial charge is 0.0992 e. The SMILES string of the molecule is N#Cc1ccc(Nc2ccccc2-c2ccccc2)c(Cl)c1. The molecule has 3 aromatic carbocycles. The molecule has 0 atom stereocenters. The van der Waals surface area contributed by atoms with E-state index in [1.165, 1.54) is 0 Å². The number of benzene rings is 3. The minimum absolute atomic E-state index is 0.530. The maximum Gasteiger partial charge on any atom is 0.0992 e. The summed E-state index contributed by atoms with van der Waals surface area (Å²) in [5.74, 6) is 0. The summed E-state index contributed by atoms with van der Waals surface area (Å²) in [5, 5.41) is 12.8. The Morgan fingerprint density at radius 2 is 1.55 bits per heavy atom. The second kappa shape index (κ2) is 6.34. The Kier molecular flexibility index (Phi) is 4.09. The Hall–Kier alpha value is -2.76. The highest BCUT2D eigenvalue weighted by Crippen LogP contribution is 2.32. The van der Waals surface area contributed by atoms with Crippen molar-refractivity contribution in [3.05, 3.63) is 83.4 Å². The van der Waals surface area contributed by atoms with E-state index in [4.69, 9.17) is 16.9 Å². The molecule has 0 radical (unpaired) electrons. The monoisotopic (exact) mass is 304 g/mol. The van der Waals surface area contributed by atoms with E-state index >= 15 is 0 Å². The van der Waals surface area contributed by atoms with Gasteiger partial charge in [-0.2, -0.15) is 5.26 Å². The Bertz CT molecular complexity index is 836. The van der Waals surface area contributed by atoms with Crippen molar-refractivity contribution in [2.24, 2.45) is 0 Å². The fraction of sp³-hybridized carbons (Fsp3) is 0. The van der Waals surface area contributed by atoms with Gasteiger partial charge in [-0.05, 0) is 29.8 Å². The number of nitriles is 1. The molecule has 0 unspecified atom stereocenters. The summed E-state index contributed by atoms with van der Waals surface area (Å²) in [6.07, 6.45) is 0. The molecule has 106 valence electrons. The quantitative estimate of drug-likeness (QED) is 0.681. The third-order valence-corrected chi connectivity index (χ3v) is 3.69. The highest BCUT2D eigenvalue weighted by molar-refractivity contribution is 6.33. The van der Waals surface area contributed by atoms with E-state index in [1.54, 1.807) is 12.1 Å². The van der Waals surface area contributed by atoms with Gasteiger partial charge in [0.15, 0.2) is 0 Å². The lowest BCUT2D eigenvalue weighted by Crippen LogP contribution is -1.94. The summed E-state index contributed by atoms with van der Waals surface area (Å²) in [4.78, 5) is 0. The topological polar surface area (TPSA) is 35.8 Å². The number of hydrogen-bond acceptors (Lipinski definition) is 2. The van der Waals surface area contributed by atoms with Crippen molar-refractivity contribution in [1.29, 1.82) is 5.26 Å². The zero-order valence-corrected chi connectivity index (χ0v) is 12.5. The Labute approximate surface area is 134 Å². The molecule has 0 saturated heterocycles. The largest absolute Gasteiger partial charge is 0.354 e. The molecule has 0 aliphatic heterocycles. The van der Waals surface area contributed by atoms with Crippen LogP contribution < -0.4 is 5.32 Å². The fourth-order valence-corrected chi connectivity index (χ4v) is 2.52. The maximum absolute atomic E-state index is 8.91. The summed E-state index contributed by atoms with van der Waals surface area (Å²) in [6, 6.07) is 25.5. The van der Waals surface area contributed by atoms with E-state index in [2.05, 4.69) is 29.6 Å². The molecule has 2 nitrogen and oxygen atoms in total. The Balaban J connectivity index is 1.99. The molecule has 0 fully saturated rings. The highest BCUT2D eigenvalue weighted by atomic mass is 35.5. The van der Waals surface area contributed by atoms with Gasteiger partial charge in [-0.3, -0.25) is 0 Å². The van der Waals surface area contributed by atoms with Crippen LogP contribution in [0.3, 0.4) is 0 Å². The third-order valence-electron chi connectivity index (χ3n) is 3.38. The van der Waals surface area contributed by atoms with Crippen LogP contribution in [0.15, 0.2) is 72.8 Å². The Morgan fingerprint density at radius 1 is 0.818 bits per heavy atom. The highest BCUT2D eigenvalue weighted by Gasteiger charge is 2.07. The van der Waals surface area contributed by atoms with Gasteiger partial charge in [0.05, 0.1) is 22.3 Å². The van der Waals surface area contributed by atoms with Gasteiger partial charge in [-0.15, -0.1) is 0 Å². The van der Waals surface area contributed by atoms with Crippen molar-refractivity contribution in [3.63, 3.8) is 0 Å². The number of halogens is 1. The number of hydrogen-bond donors (Lipinski definition) is 1. The zero-order valence-electron chi connectivity index (χ0n) is 11.8.